The molecule has 1 N–H and O–H groups in total. The Morgan fingerprint density at radius 1 is 1.08 bits per heavy atom. The van der Waals surface area contributed by atoms with Crippen molar-refractivity contribution in [1.29, 1.82) is 0 Å². The van der Waals surface area contributed by atoms with Crippen LogP contribution >= 0.6 is 0 Å². The van der Waals surface area contributed by atoms with E-state index in [4.69, 9.17) is 4.74 Å². The Morgan fingerprint density at radius 3 is 2.30 bits per heavy atom. The van der Waals surface area contributed by atoms with Gasteiger partial charge in [-0.2, -0.15) is 0 Å². The SMILES string of the molecule is COc1ccc(CN(C(=O)CN(c2cccc(C(C)=O)c2)S(C)(=O)=O)C(C)C(=O)NC2CCCC2)cc1. The molecule has 1 aliphatic carbocycles. The Balaban J connectivity index is 1.90. The van der Waals surface area contributed by atoms with Gasteiger partial charge < -0.3 is 15.0 Å². The monoisotopic (exact) mass is 529 g/mol. The topological polar surface area (TPSA) is 113 Å². The molecule has 9 nitrogen and oxygen atoms in total. The number of nitrogens with zero attached hydrogens (tertiary/aromatic N) is 2. The van der Waals surface area contributed by atoms with Gasteiger partial charge in [0.2, 0.25) is 21.8 Å². The van der Waals surface area contributed by atoms with Crippen LogP contribution in [-0.4, -0.2) is 62.9 Å². The molecule has 0 aliphatic heterocycles. The van der Waals surface area contributed by atoms with Gasteiger partial charge in [-0.1, -0.05) is 37.1 Å². The van der Waals surface area contributed by atoms with E-state index in [2.05, 4.69) is 5.32 Å². The minimum Gasteiger partial charge on any atom is -0.497 e. The zero-order chi connectivity index (χ0) is 27.2. The number of sulfonamides is 1. The Morgan fingerprint density at radius 2 is 1.73 bits per heavy atom. The minimum atomic E-state index is -3.88. The van der Waals surface area contributed by atoms with E-state index in [1.807, 2.05) is 0 Å². The van der Waals surface area contributed by atoms with Crippen molar-refractivity contribution >= 4 is 33.3 Å². The van der Waals surface area contributed by atoms with Gasteiger partial charge in [-0.3, -0.25) is 18.7 Å². The third-order valence-corrected chi connectivity index (χ3v) is 7.74. The van der Waals surface area contributed by atoms with Crippen molar-refractivity contribution in [3.63, 3.8) is 0 Å². The first-order valence-electron chi connectivity index (χ1n) is 12.3. The molecule has 1 unspecified atom stereocenters. The van der Waals surface area contributed by atoms with E-state index in [-0.39, 0.29) is 30.0 Å². The Bertz CT molecular complexity index is 1220. The summed E-state index contributed by atoms with van der Waals surface area (Å²) in [4.78, 5) is 40.0. The van der Waals surface area contributed by atoms with Crippen LogP contribution in [0.5, 0.6) is 5.75 Å². The molecule has 3 rings (SSSR count). The number of nitrogens with one attached hydrogen (secondary N) is 1. The van der Waals surface area contributed by atoms with Crippen LogP contribution in [0.2, 0.25) is 0 Å². The van der Waals surface area contributed by atoms with Gasteiger partial charge in [0, 0.05) is 18.2 Å². The molecule has 0 bridgehead atoms. The van der Waals surface area contributed by atoms with Crippen LogP contribution in [0, 0.1) is 0 Å². The summed E-state index contributed by atoms with van der Waals surface area (Å²) < 4.78 is 31.6. The maximum absolute atomic E-state index is 13.7. The van der Waals surface area contributed by atoms with E-state index in [1.165, 1.54) is 24.0 Å². The predicted octanol–water partition coefficient (Wildman–Crippen LogP) is 3.14. The number of anilines is 1. The van der Waals surface area contributed by atoms with Crippen molar-refractivity contribution in [3.8, 4) is 5.75 Å². The van der Waals surface area contributed by atoms with E-state index in [0.717, 1.165) is 41.8 Å². The molecule has 0 radical (unpaired) electrons. The lowest BCUT2D eigenvalue weighted by Gasteiger charge is -2.32. The second-order valence-corrected chi connectivity index (χ2v) is 11.3. The van der Waals surface area contributed by atoms with Crippen LogP contribution in [-0.2, 0) is 26.2 Å². The van der Waals surface area contributed by atoms with Crippen molar-refractivity contribution in [2.75, 3.05) is 24.2 Å². The molecule has 1 fully saturated rings. The third-order valence-electron chi connectivity index (χ3n) is 6.60. The summed E-state index contributed by atoms with van der Waals surface area (Å²) in [6, 6.07) is 12.5. The lowest BCUT2D eigenvalue weighted by Crippen LogP contribution is -2.52. The third kappa shape index (κ3) is 7.55. The number of ketones is 1. The lowest BCUT2D eigenvalue weighted by molar-refractivity contribution is -0.139. The van der Waals surface area contributed by atoms with Crippen LogP contribution < -0.4 is 14.4 Å². The van der Waals surface area contributed by atoms with Gasteiger partial charge in [0.05, 0.1) is 19.1 Å². The number of hydrogen-bond acceptors (Lipinski definition) is 6. The van der Waals surface area contributed by atoms with Crippen molar-refractivity contribution in [1.82, 2.24) is 10.2 Å². The van der Waals surface area contributed by atoms with E-state index in [9.17, 15) is 22.8 Å². The van der Waals surface area contributed by atoms with Gasteiger partial charge in [-0.25, -0.2) is 8.42 Å². The first-order chi connectivity index (χ1) is 17.5. The molecule has 1 saturated carbocycles. The van der Waals surface area contributed by atoms with Crippen molar-refractivity contribution < 1.29 is 27.5 Å². The standard InChI is InChI=1S/C27H35N3O6S/c1-19(27(33)28-23-9-5-6-10-23)29(17-21-12-14-25(36-3)15-13-21)26(32)18-30(37(4,34)35)24-11-7-8-22(16-24)20(2)31/h7-8,11-16,19,23H,5-6,9-10,17-18H2,1-4H3,(H,28,33). The first-order valence-corrected chi connectivity index (χ1v) is 14.2. The summed E-state index contributed by atoms with van der Waals surface area (Å²) in [5.74, 6) is -0.385. The molecule has 1 aliphatic rings. The van der Waals surface area contributed by atoms with Crippen LogP contribution in [0.3, 0.4) is 0 Å². The maximum atomic E-state index is 13.7. The summed E-state index contributed by atoms with van der Waals surface area (Å²) >= 11 is 0. The molecule has 10 heteroatoms. The highest BCUT2D eigenvalue weighted by atomic mass is 32.2. The zero-order valence-electron chi connectivity index (χ0n) is 21.8. The normalized spacial score (nSPS) is 14.6. The molecule has 0 saturated heterocycles. The van der Waals surface area contributed by atoms with Gasteiger partial charge in [0.15, 0.2) is 5.78 Å². The number of benzene rings is 2. The molecular weight excluding hydrogens is 494 g/mol. The summed E-state index contributed by atoms with van der Waals surface area (Å²) in [6.07, 6.45) is 4.91. The Kier molecular flexibility index (Phi) is 9.31. The van der Waals surface area contributed by atoms with E-state index in [1.54, 1.807) is 50.4 Å². The molecule has 1 atom stereocenters. The highest BCUT2D eigenvalue weighted by Crippen LogP contribution is 2.22. The Labute approximate surface area is 218 Å². The maximum Gasteiger partial charge on any atom is 0.244 e. The summed E-state index contributed by atoms with van der Waals surface area (Å²) in [5, 5.41) is 3.03. The fraction of sp³-hybridized carbons (Fsp3) is 0.444. The molecule has 0 heterocycles. The second-order valence-electron chi connectivity index (χ2n) is 9.41. The predicted molar refractivity (Wildman–Crippen MR) is 142 cm³/mol. The quantitative estimate of drug-likeness (QED) is 0.448. The van der Waals surface area contributed by atoms with Crippen LogP contribution in [0.4, 0.5) is 5.69 Å². The number of ether oxygens (including phenoxy) is 1. The number of rotatable bonds is 11. The van der Waals surface area contributed by atoms with E-state index in [0.29, 0.717) is 11.3 Å². The number of carbonyl (C=O) groups excluding carboxylic acids is 3. The first kappa shape index (κ1) is 28.2. The smallest absolute Gasteiger partial charge is 0.244 e. The van der Waals surface area contributed by atoms with Gasteiger partial charge in [0.1, 0.15) is 18.3 Å². The molecule has 200 valence electrons. The number of carbonyl (C=O) groups is 3. The number of Topliss-reactive ketones (excluding diaryl/α,β-unsaturated/α-hetero) is 1. The van der Waals surface area contributed by atoms with Crippen molar-refractivity contribution in [2.24, 2.45) is 0 Å². The summed E-state index contributed by atoms with van der Waals surface area (Å²) in [6.45, 7) is 2.62. The Hall–Kier alpha value is -3.40. The average molecular weight is 530 g/mol. The summed E-state index contributed by atoms with van der Waals surface area (Å²) in [5.41, 5.74) is 1.30. The van der Waals surface area contributed by atoms with Gasteiger partial charge in [0.25, 0.3) is 0 Å². The largest absolute Gasteiger partial charge is 0.497 e. The van der Waals surface area contributed by atoms with Gasteiger partial charge in [-0.05, 0) is 56.5 Å². The molecule has 0 aromatic heterocycles. The molecule has 2 aromatic rings. The van der Waals surface area contributed by atoms with Crippen molar-refractivity contribution in [3.05, 3.63) is 59.7 Å². The molecule has 37 heavy (non-hydrogen) atoms. The number of amides is 2. The van der Waals surface area contributed by atoms with Gasteiger partial charge in [-0.15, -0.1) is 0 Å². The lowest BCUT2D eigenvalue weighted by atomic mass is 10.1. The molecule has 2 aromatic carbocycles. The highest BCUT2D eigenvalue weighted by molar-refractivity contribution is 7.92. The van der Waals surface area contributed by atoms with E-state index >= 15 is 0 Å². The second kappa shape index (κ2) is 12.2. The minimum absolute atomic E-state index is 0.0785. The number of hydrogen-bond donors (Lipinski definition) is 1. The highest BCUT2D eigenvalue weighted by Gasteiger charge is 2.31. The zero-order valence-corrected chi connectivity index (χ0v) is 22.6. The molecule has 2 amide bonds. The van der Waals surface area contributed by atoms with E-state index < -0.39 is 28.5 Å². The van der Waals surface area contributed by atoms with Crippen LogP contribution in [0.15, 0.2) is 48.5 Å². The summed E-state index contributed by atoms with van der Waals surface area (Å²) in [7, 11) is -2.32. The van der Waals surface area contributed by atoms with Gasteiger partial charge >= 0.3 is 0 Å². The van der Waals surface area contributed by atoms with Crippen LogP contribution in [0.1, 0.15) is 55.5 Å². The average Bonchev–Trinajstić information content (AvgIpc) is 3.38. The van der Waals surface area contributed by atoms with Crippen LogP contribution in [0.25, 0.3) is 0 Å². The fourth-order valence-corrected chi connectivity index (χ4v) is 5.24. The molecular formula is C27H35N3O6S. The van der Waals surface area contributed by atoms with Crippen molar-refractivity contribution in [2.45, 2.75) is 58.2 Å². The number of methoxy groups -OCH3 is 1. The fourth-order valence-electron chi connectivity index (χ4n) is 4.40. The molecule has 0 spiro atoms.